The van der Waals surface area contributed by atoms with Crippen LogP contribution in [0.2, 0.25) is 0 Å². The van der Waals surface area contributed by atoms with Crippen LogP contribution in [0.3, 0.4) is 0 Å². The molecule has 0 radical (unpaired) electrons. The van der Waals surface area contributed by atoms with E-state index in [0.717, 1.165) is 0 Å². The predicted molar refractivity (Wildman–Crippen MR) is 68.8 cm³/mol. The second-order valence-electron chi connectivity index (χ2n) is 3.92. The maximum atomic E-state index is 12.1. The molecule has 9 heteroatoms. The van der Waals surface area contributed by atoms with Gasteiger partial charge in [0.15, 0.2) is 5.03 Å². The van der Waals surface area contributed by atoms with E-state index in [1.807, 2.05) is 0 Å². The number of sulfonamides is 1. The van der Waals surface area contributed by atoms with Crippen LogP contribution in [-0.4, -0.2) is 42.0 Å². The molecule has 19 heavy (non-hydrogen) atoms. The molecule has 0 saturated carbocycles. The second-order valence-corrected chi connectivity index (χ2v) is 5.63. The zero-order valence-corrected chi connectivity index (χ0v) is 11.3. The summed E-state index contributed by atoms with van der Waals surface area (Å²) in [5, 5.41) is 13.3. The normalized spacial score (nSPS) is 11.8. The highest BCUT2D eigenvalue weighted by molar-refractivity contribution is 7.89. The molecular weight excluding hydrogens is 268 g/mol. The fourth-order valence-electron chi connectivity index (χ4n) is 1.65. The first-order valence-electron chi connectivity index (χ1n) is 5.77. The minimum absolute atomic E-state index is 0.0994. The Labute approximate surface area is 111 Å². The number of nitrogens with one attached hydrogen (secondary N) is 3. The van der Waals surface area contributed by atoms with Crippen molar-refractivity contribution in [2.45, 2.75) is 18.1 Å². The Morgan fingerprint density at radius 2 is 2.32 bits per heavy atom. The minimum atomic E-state index is -3.57. The Bertz CT molecular complexity index is 604. The van der Waals surface area contributed by atoms with E-state index in [4.69, 9.17) is 0 Å². The summed E-state index contributed by atoms with van der Waals surface area (Å²) < 4.78 is 28.3. The van der Waals surface area contributed by atoms with Crippen molar-refractivity contribution >= 4 is 10.0 Å². The van der Waals surface area contributed by atoms with E-state index < -0.39 is 10.0 Å². The highest BCUT2D eigenvalue weighted by atomic mass is 32.2. The van der Waals surface area contributed by atoms with Crippen LogP contribution >= 0.6 is 0 Å². The second kappa shape index (κ2) is 5.95. The molecule has 0 aromatic carbocycles. The first kappa shape index (κ1) is 13.7. The molecule has 0 fully saturated rings. The fraction of sp³-hybridized carbons (Fsp3) is 0.400. The third kappa shape index (κ3) is 3.40. The Morgan fingerprint density at radius 1 is 1.47 bits per heavy atom. The predicted octanol–water partition coefficient (Wildman–Crippen LogP) is -0.696. The SMILES string of the molecule is CNCc1cn[nH]c1S(=O)(=O)NCCn1cccn1. The van der Waals surface area contributed by atoms with Gasteiger partial charge in [0.1, 0.15) is 0 Å². The molecule has 0 saturated heterocycles. The molecule has 8 nitrogen and oxygen atoms in total. The van der Waals surface area contributed by atoms with Gasteiger partial charge in [0.25, 0.3) is 10.0 Å². The van der Waals surface area contributed by atoms with Gasteiger partial charge in [0.05, 0.1) is 12.7 Å². The summed E-state index contributed by atoms with van der Waals surface area (Å²) in [5.74, 6) is 0. The van der Waals surface area contributed by atoms with E-state index >= 15 is 0 Å². The Balaban J connectivity index is 1.99. The summed E-state index contributed by atoms with van der Waals surface area (Å²) in [6.07, 6.45) is 4.92. The Kier molecular flexibility index (Phi) is 4.30. The monoisotopic (exact) mass is 284 g/mol. The van der Waals surface area contributed by atoms with E-state index in [9.17, 15) is 8.42 Å². The maximum absolute atomic E-state index is 12.1. The van der Waals surface area contributed by atoms with Crippen molar-refractivity contribution in [2.24, 2.45) is 0 Å². The number of hydrogen-bond acceptors (Lipinski definition) is 5. The van der Waals surface area contributed by atoms with Crippen molar-refractivity contribution in [3.05, 3.63) is 30.2 Å². The van der Waals surface area contributed by atoms with Crippen molar-refractivity contribution in [2.75, 3.05) is 13.6 Å². The fourth-order valence-corrected chi connectivity index (χ4v) is 2.80. The molecule has 0 spiro atoms. The standard InChI is InChI=1S/C10H16N6O2S/c1-11-7-9-8-12-15-10(9)19(17,18)14-4-6-16-5-2-3-13-16/h2-3,5,8,11,14H,4,6-7H2,1H3,(H,12,15). The number of rotatable bonds is 7. The molecule has 0 aliphatic carbocycles. The van der Waals surface area contributed by atoms with E-state index in [-0.39, 0.29) is 11.6 Å². The minimum Gasteiger partial charge on any atom is -0.316 e. The third-order valence-electron chi connectivity index (χ3n) is 2.51. The molecule has 2 rings (SSSR count). The number of H-pyrrole nitrogens is 1. The molecule has 0 amide bonds. The number of nitrogens with zero attached hydrogens (tertiary/aromatic N) is 3. The van der Waals surface area contributed by atoms with E-state index in [1.54, 1.807) is 30.2 Å². The molecule has 0 aliphatic heterocycles. The summed E-state index contributed by atoms with van der Waals surface area (Å²) >= 11 is 0. The molecule has 3 N–H and O–H groups in total. The van der Waals surface area contributed by atoms with Gasteiger partial charge in [0.2, 0.25) is 0 Å². The van der Waals surface area contributed by atoms with Gasteiger partial charge in [-0.25, -0.2) is 13.1 Å². The van der Waals surface area contributed by atoms with E-state index in [0.29, 0.717) is 18.7 Å². The lowest BCUT2D eigenvalue weighted by Crippen LogP contribution is -2.29. The summed E-state index contributed by atoms with van der Waals surface area (Å²) in [4.78, 5) is 0. The average molecular weight is 284 g/mol. The van der Waals surface area contributed by atoms with Crippen LogP contribution in [0.15, 0.2) is 29.7 Å². The first-order valence-corrected chi connectivity index (χ1v) is 7.26. The van der Waals surface area contributed by atoms with Gasteiger partial charge in [-0.3, -0.25) is 9.78 Å². The molecule has 0 aliphatic rings. The average Bonchev–Trinajstić information content (AvgIpc) is 3.00. The van der Waals surface area contributed by atoms with Gasteiger partial charge in [-0.15, -0.1) is 0 Å². The number of hydrogen-bond donors (Lipinski definition) is 3. The van der Waals surface area contributed by atoms with E-state index in [1.165, 1.54) is 6.20 Å². The summed E-state index contributed by atoms with van der Waals surface area (Å²) in [7, 11) is -1.83. The van der Waals surface area contributed by atoms with Crippen molar-refractivity contribution in [1.82, 2.24) is 30.0 Å². The third-order valence-corrected chi connectivity index (χ3v) is 3.98. The first-order chi connectivity index (χ1) is 9.13. The van der Waals surface area contributed by atoms with Crippen molar-refractivity contribution < 1.29 is 8.42 Å². The number of aromatic amines is 1. The van der Waals surface area contributed by atoms with Gasteiger partial charge in [-0.1, -0.05) is 0 Å². The molecule has 104 valence electrons. The smallest absolute Gasteiger partial charge is 0.257 e. The van der Waals surface area contributed by atoms with Gasteiger partial charge < -0.3 is 5.32 Å². The zero-order chi connectivity index (χ0) is 13.7. The molecule has 0 unspecified atom stereocenters. The van der Waals surface area contributed by atoms with Crippen molar-refractivity contribution in [3.63, 3.8) is 0 Å². The largest absolute Gasteiger partial charge is 0.316 e. The Morgan fingerprint density at radius 3 is 3.00 bits per heavy atom. The van der Waals surface area contributed by atoms with Crippen molar-refractivity contribution in [3.8, 4) is 0 Å². The van der Waals surface area contributed by atoms with Crippen LogP contribution in [0, 0.1) is 0 Å². The lowest BCUT2D eigenvalue weighted by Gasteiger charge is -2.07. The van der Waals surface area contributed by atoms with Crippen LogP contribution < -0.4 is 10.0 Å². The molecule has 2 heterocycles. The van der Waals surface area contributed by atoms with Crippen LogP contribution in [0.25, 0.3) is 0 Å². The number of aromatic nitrogens is 4. The van der Waals surface area contributed by atoms with Gasteiger partial charge in [0, 0.05) is 31.0 Å². The molecular formula is C10H16N6O2S. The molecule has 2 aromatic rings. The lowest BCUT2D eigenvalue weighted by atomic mass is 10.4. The zero-order valence-electron chi connectivity index (χ0n) is 10.5. The molecule has 2 aromatic heterocycles. The van der Waals surface area contributed by atoms with Gasteiger partial charge >= 0.3 is 0 Å². The van der Waals surface area contributed by atoms with Crippen LogP contribution in [-0.2, 0) is 23.1 Å². The van der Waals surface area contributed by atoms with Crippen molar-refractivity contribution in [1.29, 1.82) is 0 Å². The summed E-state index contributed by atoms with van der Waals surface area (Å²) in [5.41, 5.74) is 0.606. The summed E-state index contributed by atoms with van der Waals surface area (Å²) in [6, 6.07) is 1.79. The molecule has 0 bridgehead atoms. The summed E-state index contributed by atoms with van der Waals surface area (Å²) in [6.45, 7) is 1.18. The van der Waals surface area contributed by atoms with Crippen LogP contribution in [0.4, 0.5) is 0 Å². The molecule has 0 atom stereocenters. The highest BCUT2D eigenvalue weighted by Gasteiger charge is 2.19. The van der Waals surface area contributed by atoms with Gasteiger partial charge in [-0.05, 0) is 13.1 Å². The van der Waals surface area contributed by atoms with Crippen LogP contribution in [0.1, 0.15) is 5.56 Å². The van der Waals surface area contributed by atoms with Crippen LogP contribution in [0.5, 0.6) is 0 Å². The maximum Gasteiger partial charge on any atom is 0.257 e. The highest BCUT2D eigenvalue weighted by Crippen LogP contribution is 2.10. The topological polar surface area (TPSA) is 105 Å². The Hall–Kier alpha value is -1.71. The van der Waals surface area contributed by atoms with Gasteiger partial charge in [-0.2, -0.15) is 10.2 Å². The van der Waals surface area contributed by atoms with E-state index in [2.05, 4.69) is 25.3 Å². The lowest BCUT2D eigenvalue weighted by molar-refractivity contribution is 0.556. The quantitative estimate of drug-likeness (QED) is 0.624.